The van der Waals surface area contributed by atoms with Crippen molar-refractivity contribution in [3.05, 3.63) is 11.6 Å². The van der Waals surface area contributed by atoms with E-state index in [0.717, 1.165) is 5.57 Å². The van der Waals surface area contributed by atoms with Gasteiger partial charge in [0, 0.05) is 6.42 Å². The molecular formula is C10H14O4. The Bertz CT molecular complexity index is 284. The number of ether oxygens (including phenoxy) is 1. The van der Waals surface area contributed by atoms with Crippen LogP contribution < -0.4 is 0 Å². The third kappa shape index (κ3) is 1.26. The molecule has 2 N–H and O–H groups in total. The Hall–Kier alpha value is -0.870. The molecular weight excluding hydrogens is 184 g/mol. The minimum absolute atomic E-state index is 0.0395. The zero-order valence-electron chi connectivity index (χ0n) is 7.90. The summed E-state index contributed by atoms with van der Waals surface area (Å²) in [7, 11) is 0. The number of cyclic esters (lactones) is 1. The van der Waals surface area contributed by atoms with Crippen molar-refractivity contribution in [1.82, 2.24) is 0 Å². The summed E-state index contributed by atoms with van der Waals surface area (Å²) in [5.41, 5.74) is 0.0846. The molecule has 4 heteroatoms. The Kier molecular flexibility index (Phi) is 2.33. The first-order valence-electron chi connectivity index (χ1n) is 4.85. The van der Waals surface area contributed by atoms with Crippen molar-refractivity contribution in [3.63, 3.8) is 0 Å². The molecule has 0 aromatic rings. The highest BCUT2D eigenvalue weighted by Gasteiger charge is 2.50. The standard InChI is InChI=1S/C10H14O4/c11-6-7-1-2-10(8(12)5-7)3-4-14-9(10)13/h5,8,11-12H,1-4,6H2/t8-,10+/m0/s1. The molecule has 2 rings (SSSR count). The predicted molar refractivity (Wildman–Crippen MR) is 48.4 cm³/mol. The average Bonchev–Trinajstić information content (AvgIpc) is 2.54. The average molecular weight is 198 g/mol. The molecule has 14 heavy (non-hydrogen) atoms. The zero-order valence-corrected chi connectivity index (χ0v) is 7.90. The molecule has 1 fully saturated rings. The minimum Gasteiger partial charge on any atom is -0.465 e. The fourth-order valence-corrected chi connectivity index (χ4v) is 2.20. The van der Waals surface area contributed by atoms with Crippen molar-refractivity contribution in [3.8, 4) is 0 Å². The maximum atomic E-state index is 11.5. The second kappa shape index (κ2) is 3.37. The summed E-state index contributed by atoms with van der Waals surface area (Å²) >= 11 is 0. The number of rotatable bonds is 1. The molecule has 0 unspecified atom stereocenters. The molecule has 2 atom stereocenters. The maximum Gasteiger partial charge on any atom is 0.315 e. The third-order valence-corrected chi connectivity index (χ3v) is 3.24. The quantitative estimate of drug-likeness (QED) is 0.459. The van der Waals surface area contributed by atoms with Crippen molar-refractivity contribution in [2.45, 2.75) is 25.4 Å². The summed E-state index contributed by atoms with van der Waals surface area (Å²) in [5.74, 6) is -0.293. The van der Waals surface area contributed by atoms with E-state index in [2.05, 4.69) is 0 Å². The van der Waals surface area contributed by atoms with E-state index >= 15 is 0 Å². The highest BCUT2D eigenvalue weighted by atomic mass is 16.5. The van der Waals surface area contributed by atoms with Crippen molar-refractivity contribution in [2.75, 3.05) is 13.2 Å². The second-order valence-electron chi connectivity index (χ2n) is 3.97. The van der Waals surface area contributed by atoms with Crippen LogP contribution in [0, 0.1) is 5.41 Å². The molecule has 1 saturated heterocycles. The van der Waals surface area contributed by atoms with Crippen LogP contribution in [0.3, 0.4) is 0 Å². The number of aliphatic hydroxyl groups is 2. The van der Waals surface area contributed by atoms with Crippen molar-refractivity contribution >= 4 is 5.97 Å². The minimum atomic E-state index is -0.798. The molecule has 0 aromatic carbocycles. The summed E-state index contributed by atoms with van der Waals surface area (Å²) in [6.45, 7) is 0.361. The van der Waals surface area contributed by atoms with Gasteiger partial charge in [-0.1, -0.05) is 6.08 Å². The van der Waals surface area contributed by atoms with Gasteiger partial charge in [0.1, 0.15) is 5.41 Å². The van der Waals surface area contributed by atoms with Gasteiger partial charge in [-0.05, 0) is 18.4 Å². The Morgan fingerprint density at radius 3 is 2.86 bits per heavy atom. The second-order valence-corrected chi connectivity index (χ2v) is 3.97. The molecule has 1 aliphatic carbocycles. The first-order valence-corrected chi connectivity index (χ1v) is 4.85. The van der Waals surface area contributed by atoms with Gasteiger partial charge < -0.3 is 14.9 Å². The van der Waals surface area contributed by atoms with Gasteiger partial charge >= 0.3 is 5.97 Å². The van der Waals surface area contributed by atoms with Crippen molar-refractivity contribution in [2.24, 2.45) is 5.41 Å². The fourth-order valence-electron chi connectivity index (χ4n) is 2.20. The van der Waals surface area contributed by atoms with Crippen LogP contribution in [0.25, 0.3) is 0 Å². The van der Waals surface area contributed by atoms with Crippen LogP contribution >= 0.6 is 0 Å². The highest BCUT2D eigenvalue weighted by molar-refractivity contribution is 5.80. The molecule has 1 heterocycles. The number of esters is 1. The van der Waals surface area contributed by atoms with E-state index in [1.807, 2.05) is 0 Å². The normalized spacial score (nSPS) is 37.1. The summed E-state index contributed by atoms with van der Waals surface area (Å²) in [6, 6.07) is 0. The molecule has 2 aliphatic rings. The van der Waals surface area contributed by atoms with Crippen molar-refractivity contribution in [1.29, 1.82) is 0 Å². The lowest BCUT2D eigenvalue weighted by molar-refractivity contribution is -0.151. The Labute approximate surface area is 82.2 Å². The fraction of sp³-hybridized carbons (Fsp3) is 0.700. The van der Waals surface area contributed by atoms with Crippen LogP contribution in [0.5, 0.6) is 0 Å². The molecule has 4 nitrogen and oxygen atoms in total. The Balaban J connectivity index is 2.24. The van der Waals surface area contributed by atoms with Crippen LogP contribution in [-0.4, -0.2) is 35.5 Å². The van der Waals surface area contributed by atoms with Gasteiger partial charge in [0.25, 0.3) is 0 Å². The number of hydrogen-bond donors (Lipinski definition) is 2. The smallest absolute Gasteiger partial charge is 0.315 e. The van der Waals surface area contributed by atoms with E-state index in [0.29, 0.717) is 25.9 Å². The monoisotopic (exact) mass is 198 g/mol. The number of carbonyl (C=O) groups excluding carboxylic acids is 1. The van der Waals surface area contributed by atoms with Crippen LogP contribution in [-0.2, 0) is 9.53 Å². The lowest BCUT2D eigenvalue weighted by Crippen LogP contribution is -2.40. The van der Waals surface area contributed by atoms with Crippen LogP contribution in [0.1, 0.15) is 19.3 Å². The van der Waals surface area contributed by atoms with Gasteiger partial charge in [-0.15, -0.1) is 0 Å². The highest BCUT2D eigenvalue weighted by Crippen LogP contribution is 2.43. The van der Waals surface area contributed by atoms with E-state index in [1.165, 1.54) is 0 Å². The third-order valence-electron chi connectivity index (χ3n) is 3.24. The zero-order chi connectivity index (χ0) is 10.2. The molecule has 0 bridgehead atoms. The van der Waals surface area contributed by atoms with E-state index < -0.39 is 11.5 Å². The lowest BCUT2D eigenvalue weighted by Gasteiger charge is -2.32. The first kappa shape index (κ1) is 9.68. The molecule has 0 amide bonds. The van der Waals surface area contributed by atoms with Gasteiger partial charge in [-0.25, -0.2) is 0 Å². The Morgan fingerprint density at radius 2 is 2.36 bits per heavy atom. The van der Waals surface area contributed by atoms with Gasteiger partial charge in [-0.3, -0.25) is 4.79 Å². The molecule has 0 aromatic heterocycles. The van der Waals surface area contributed by atoms with Gasteiger partial charge in [0.15, 0.2) is 0 Å². The van der Waals surface area contributed by atoms with E-state index in [-0.39, 0.29) is 12.6 Å². The number of hydrogen-bond acceptors (Lipinski definition) is 4. The molecule has 78 valence electrons. The Morgan fingerprint density at radius 1 is 1.57 bits per heavy atom. The van der Waals surface area contributed by atoms with Crippen LogP contribution in [0.4, 0.5) is 0 Å². The van der Waals surface area contributed by atoms with Crippen LogP contribution in [0.2, 0.25) is 0 Å². The summed E-state index contributed by atoms with van der Waals surface area (Å²) in [4.78, 5) is 11.5. The number of aliphatic hydroxyl groups excluding tert-OH is 2. The van der Waals surface area contributed by atoms with E-state index in [4.69, 9.17) is 9.84 Å². The van der Waals surface area contributed by atoms with Gasteiger partial charge in [0.05, 0.1) is 19.3 Å². The van der Waals surface area contributed by atoms with Gasteiger partial charge in [-0.2, -0.15) is 0 Å². The molecule has 0 saturated carbocycles. The topological polar surface area (TPSA) is 66.8 Å². The van der Waals surface area contributed by atoms with Gasteiger partial charge in [0.2, 0.25) is 0 Å². The number of carbonyl (C=O) groups is 1. The molecule has 0 radical (unpaired) electrons. The predicted octanol–water partition coefficient (Wildman–Crippen LogP) is -0.00690. The SMILES string of the molecule is O=C1OCC[C@@]12CCC(CO)=C[C@@H]2O. The van der Waals surface area contributed by atoms with E-state index in [1.54, 1.807) is 6.08 Å². The lowest BCUT2D eigenvalue weighted by atomic mass is 9.72. The summed E-state index contributed by atoms with van der Waals surface area (Å²) < 4.78 is 4.89. The first-order chi connectivity index (χ1) is 6.69. The molecule has 1 spiro atoms. The van der Waals surface area contributed by atoms with Crippen LogP contribution in [0.15, 0.2) is 11.6 Å². The largest absolute Gasteiger partial charge is 0.465 e. The molecule has 1 aliphatic heterocycles. The summed E-state index contributed by atoms with van der Waals surface area (Å²) in [5, 5.41) is 18.8. The maximum absolute atomic E-state index is 11.5. The summed E-state index contributed by atoms with van der Waals surface area (Å²) in [6.07, 6.45) is 2.63. The van der Waals surface area contributed by atoms with E-state index in [9.17, 15) is 9.90 Å². The van der Waals surface area contributed by atoms with Crippen molar-refractivity contribution < 1.29 is 19.7 Å².